The van der Waals surface area contributed by atoms with Gasteiger partial charge in [0.15, 0.2) is 0 Å². The Morgan fingerprint density at radius 2 is 1.89 bits per heavy atom. The molecule has 2 aromatic carbocycles. The predicted molar refractivity (Wildman–Crippen MR) is 104 cm³/mol. The van der Waals surface area contributed by atoms with Crippen LogP contribution >= 0.6 is 0 Å². The fraction of sp³-hybridized carbons (Fsp3) is 0.143. The summed E-state index contributed by atoms with van der Waals surface area (Å²) in [6, 6.07) is 16.0. The molecule has 0 fully saturated rings. The molecule has 7 nitrogen and oxygen atoms in total. The zero-order valence-corrected chi connectivity index (χ0v) is 15.5. The number of hydrogen-bond acceptors (Lipinski definition) is 5. The van der Waals surface area contributed by atoms with E-state index in [1.165, 1.54) is 10.9 Å². The first-order valence-corrected chi connectivity index (χ1v) is 8.78. The van der Waals surface area contributed by atoms with E-state index in [0.29, 0.717) is 28.9 Å². The average molecular weight is 374 g/mol. The van der Waals surface area contributed by atoms with E-state index in [-0.39, 0.29) is 11.5 Å². The maximum absolute atomic E-state index is 12.9. The SMILES string of the molecule is Cc1nn(-c2cccc(C(=O)N(C)Cc3ccon3)c2)c(=O)c2ccccc12. The Hall–Kier alpha value is -3.74. The summed E-state index contributed by atoms with van der Waals surface area (Å²) in [7, 11) is 1.69. The molecule has 0 bridgehead atoms. The third-order valence-electron chi connectivity index (χ3n) is 4.56. The maximum Gasteiger partial charge on any atom is 0.279 e. The number of benzene rings is 2. The highest BCUT2D eigenvalue weighted by molar-refractivity contribution is 5.94. The van der Waals surface area contributed by atoms with Crippen LogP contribution in [0.2, 0.25) is 0 Å². The van der Waals surface area contributed by atoms with Crippen LogP contribution in [0.4, 0.5) is 0 Å². The van der Waals surface area contributed by atoms with Gasteiger partial charge in [0.05, 0.1) is 23.3 Å². The fourth-order valence-electron chi connectivity index (χ4n) is 3.15. The molecule has 0 unspecified atom stereocenters. The van der Waals surface area contributed by atoms with Crippen molar-refractivity contribution < 1.29 is 9.32 Å². The summed E-state index contributed by atoms with van der Waals surface area (Å²) in [5, 5.41) is 9.67. The quantitative estimate of drug-likeness (QED) is 0.549. The molecule has 2 heterocycles. The molecule has 0 N–H and O–H groups in total. The van der Waals surface area contributed by atoms with Crippen molar-refractivity contribution in [3.05, 3.63) is 88.2 Å². The van der Waals surface area contributed by atoms with Crippen LogP contribution in [0.5, 0.6) is 0 Å². The van der Waals surface area contributed by atoms with Crippen molar-refractivity contribution in [1.29, 1.82) is 0 Å². The molecule has 0 aliphatic rings. The minimum Gasteiger partial charge on any atom is -0.364 e. The smallest absolute Gasteiger partial charge is 0.279 e. The minimum atomic E-state index is -0.221. The minimum absolute atomic E-state index is 0.185. The van der Waals surface area contributed by atoms with Gasteiger partial charge in [0.25, 0.3) is 11.5 Å². The summed E-state index contributed by atoms with van der Waals surface area (Å²) in [6.07, 6.45) is 1.47. The van der Waals surface area contributed by atoms with Gasteiger partial charge in [0.1, 0.15) is 12.0 Å². The standard InChI is InChI=1S/C21H18N4O3/c1-14-18-8-3-4-9-19(18)21(27)25(22-14)17-7-5-6-15(12-17)20(26)24(2)13-16-10-11-28-23-16/h3-12H,13H2,1-2H3. The van der Waals surface area contributed by atoms with Crippen molar-refractivity contribution in [2.45, 2.75) is 13.5 Å². The van der Waals surface area contributed by atoms with Gasteiger partial charge in [-0.3, -0.25) is 9.59 Å². The van der Waals surface area contributed by atoms with Crippen molar-refractivity contribution in [3.63, 3.8) is 0 Å². The third-order valence-corrected chi connectivity index (χ3v) is 4.56. The van der Waals surface area contributed by atoms with Gasteiger partial charge in [0.2, 0.25) is 0 Å². The zero-order valence-electron chi connectivity index (χ0n) is 15.5. The van der Waals surface area contributed by atoms with Crippen LogP contribution in [0.1, 0.15) is 21.7 Å². The van der Waals surface area contributed by atoms with Gasteiger partial charge in [-0.25, -0.2) is 0 Å². The first-order chi connectivity index (χ1) is 13.5. The number of carbonyl (C=O) groups excluding carboxylic acids is 1. The van der Waals surface area contributed by atoms with E-state index < -0.39 is 0 Å². The Morgan fingerprint density at radius 3 is 2.64 bits per heavy atom. The number of rotatable bonds is 4. The molecule has 28 heavy (non-hydrogen) atoms. The molecule has 0 saturated carbocycles. The molecular weight excluding hydrogens is 356 g/mol. The molecule has 1 amide bonds. The van der Waals surface area contributed by atoms with Gasteiger partial charge in [-0.2, -0.15) is 9.78 Å². The van der Waals surface area contributed by atoms with Crippen molar-refractivity contribution >= 4 is 16.7 Å². The van der Waals surface area contributed by atoms with Crippen LogP contribution in [0, 0.1) is 6.92 Å². The zero-order chi connectivity index (χ0) is 19.7. The fourth-order valence-corrected chi connectivity index (χ4v) is 3.15. The number of fused-ring (bicyclic) bond motifs is 1. The number of hydrogen-bond donors (Lipinski definition) is 0. The van der Waals surface area contributed by atoms with E-state index in [0.717, 1.165) is 11.1 Å². The van der Waals surface area contributed by atoms with Gasteiger partial charge in [0, 0.05) is 24.1 Å². The number of aromatic nitrogens is 3. The molecule has 0 aliphatic heterocycles. The lowest BCUT2D eigenvalue weighted by Crippen LogP contribution is -2.27. The molecule has 0 saturated heterocycles. The first-order valence-electron chi connectivity index (χ1n) is 8.78. The number of amides is 1. The molecule has 0 atom stereocenters. The highest BCUT2D eigenvalue weighted by Crippen LogP contribution is 2.16. The molecule has 2 aromatic heterocycles. The molecular formula is C21H18N4O3. The Labute approximate surface area is 160 Å². The molecule has 0 radical (unpaired) electrons. The number of aryl methyl sites for hydroxylation is 1. The molecule has 4 rings (SSSR count). The van der Waals surface area contributed by atoms with Gasteiger partial charge in [-0.15, -0.1) is 0 Å². The van der Waals surface area contributed by atoms with Crippen molar-refractivity contribution in [2.75, 3.05) is 7.05 Å². The average Bonchev–Trinajstić information content (AvgIpc) is 3.23. The number of nitrogens with zero attached hydrogens (tertiary/aromatic N) is 4. The van der Waals surface area contributed by atoms with E-state index in [2.05, 4.69) is 10.3 Å². The Balaban J connectivity index is 1.71. The lowest BCUT2D eigenvalue weighted by molar-refractivity contribution is 0.0782. The van der Waals surface area contributed by atoms with Crippen molar-refractivity contribution in [2.24, 2.45) is 0 Å². The molecule has 140 valence electrons. The first kappa shape index (κ1) is 17.7. The normalized spacial score (nSPS) is 10.9. The molecule has 0 spiro atoms. The molecule has 0 aliphatic carbocycles. The van der Waals surface area contributed by atoms with Gasteiger partial charge in [-0.05, 0) is 31.2 Å². The highest BCUT2D eigenvalue weighted by atomic mass is 16.5. The largest absolute Gasteiger partial charge is 0.364 e. The lowest BCUT2D eigenvalue weighted by Gasteiger charge is -2.16. The van der Waals surface area contributed by atoms with Crippen LogP contribution in [0.25, 0.3) is 16.5 Å². The summed E-state index contributed by atoms with van der Waals surface area (Å²) in [5.74, 6) is -0.185. The number of carbonyl (C=O) groups is 1. The van der Waals surface area contributed by atoms with E-state index in [9.17, 15) is 9.59 Å². The van der Waals surface area contributed by atoms with E-state index in [1.807, 2.05) is 25.1 Å². The predicted octanol–water partition coefficient (Wildman–Crippen LogP) is 2.95. The van der Waals surface area contributed by atoms with Gasteiger partial charge in [-0.1, -0.05) is 29.4 Å². The molecule has 7 heteroatoms. The van der Waals surface area contributed by atoms with Crippen LogP contribution < -0.4 is 5.56 Å². The monoisotopic (exact) mass is 374 g/mol. The van der Waals surface area contributed by atoms with E-state index in [4.69, 9.17) is 4.52 Å². The Morgan fingerprint density at radius 1 is 1.11 bits per heavy atom. The summed E-state index contributed by atoms with van der Waals surface area (Å²) in [6.45, 7) is 2.19. The maximum atomic E-state index is 12.9. The van der Waals surface area contributed by atoms with Gasteiger partial charge >= 0.3 is 0 Å². The van der Waals surface area contributed by atoms with Crippen molar-refractivity contribution in [3.8, 4) is 5.69 Å². The second-order valence-corrected chi connectivity index (χ2v) is 6.55. The Kier molecular flexibility index (Phi) is 4.49. The van der Waals surface area contributed by atoms with Crippen molar-refractivity contribution in [1.82, 2.24) is 19.8 Å². The summed E-state index contributed by atoms with van der Waals surface area (Å²) >= 11 is 0. The molecule has 4 aromatic rings. The summed E-state index contributed by atoms with van der Waals surface area (Å²) in [4.78, 5) is 27.2. The van der Waals surface area contributed by atoms with Crippen LogP contribution in [-0.2, 0) is 6.54 Å². The van der Waals surface area contributed by atoms with Crippen LogP contribution in [0.3, 0.4) is 0 Å². The van der Waals surface area contributed by atoms with Gasteiger partial charge < -0.3 is 9.42 Å². The van der Waals surface area contributed by atoms with Crippen LogP contribution in [-0.4, -0.2) is 32.8 Å². The van der Waals surface area contributed by atoms with E-state index in [1.54, 1.807) is 48.3 Å². The van der Waals surface area contributed by atoms with E-state index >= 15 is 0 Å². The lowest BCUT2D eigenvalue weighted by atomic mass is 10.1. The highest BCUT2D eigenvalue weighted by Gasteiger charge is 2.15. The second kappa shape index (κ2) is 7.11. The summed E-state index contributed by atoms with van der Waals surface area (Å²) < 4.78 is 6.14. The Bertz CT molecular complexity index is 1210. The van der Waals surface area contributed by atoms with Crippen LogP contribution in [0.15, 0.2) is 70.2 Å². The third kappa shape index (κ3) is 3.18. The second-order valence-electron chi connectivity index (χ2n) is 6.55. The topological polar surface area (TPSA) is 81.2 Å². The summed E-state index contributed by atoms with van der Waals surface area (Å²) in [5.41, 5.74) is 2.19.